The van der Waals surface area contributed by atoms with Crippen LogP contribution >= 0.6 is 27.3 Å². The molecule has 1 aromatic carbocycles. The van der Waals surface area contributed by atoms with E-state index >= 15 is 0 Å². The Bertz CT molecular complexity index is 1380. The van der Waals surface area contributed by atoms with Gasteiger partial charge in [0, 0.05) is 35.4 Å². The number of hydrogen-bond donors (Lipinski definition) is 4. The first-order chi connectivity index (χ1) is 16.4. The highest BCUT2D eigenvalue weighted by Crippen LogP contribution is 2.28. The van der Waals surface area contributed by atoms with Gasteiger partial charge in [0.25, 0.3) is 10.0 Å². The Morgan fingerprint density at radius 3 is 2.62 bits per heavy atom. The van der Waals surface area contributed by atoms with Crippen molar-refractivity contribution >= 4 is 65.4 Å². The van der Waals surface area contributed by atoms with Crippen molar-refractivity contribution in [2.45, 2.75) is 42.7 Å². The van der Waals surface area contributed by atoms with E-state index in [1.54, 1.807) is 46.6 Å². The van der Waals surface area contributed by atoms with Crippen molar-refractivity contribution in [2.24, 2.45) is 5.73 Å². The average molecular weight is 564 g/mol. The summed E-state index contributed by atoms with van der Waals surface area (Å²) in [6.45, 7) is 0. The van der Waals surface area contributed by atoms with E-state index in [0.29, 0.717) is 28.3 Å². The lowest BCUT2D eigenvalue weighted by atomic mass is 9.92. The van der Waals surface area contributed by atoms with E-state index in [4.69, 9.17) is 10.7 Å². The third-order valence-electron chi connectivity index (χ3n) is 5.64. The Morgan fingerprint density at radius 1 is 1.15 bits per heavy atom. The van der Waals surface area contributed by atoms with E-state index in [2.05, 4.69) is 41.4 Å². The Kier molecular flexibility index (Phi) is 6.42. The van der Waals surface area contributed by atoms with Gasteiger partial charge in [-0.05, 0) is 65.9 Å². The molecular weight excluding hydrogens is 540 g/mol. The predicted molar refractivity (Wildman–Crippen MR) is 137 cm³/mol. The van der Waals surface area contributed by atoms with Crippen LogP contribution in [-0.2, 0) is 10.0 Å². The zero-order valence-corrected chi connectivity index (χ0v) is 21.2. The number of rotatable bonds is 7. The minimum absolute atomic E-state index is 0.146. The maximum atomic E-state index is 12.6. The van der Waals surface area contributed by atoms with E-state index in [-0.39, 0.29) is 10.9 Å². The molecule has 4 aromatic rings. The Hall–Kier alpha value is -2.74. The van der Waals surface area contributed by atoms with Crippen LogP contribution in [0.5, 0.6) is 0 Å². The van der Waals surface area contributed by atoms with E-state index in [0.717, 1.165) is 36.0 Å². The molecule has 0 bridgehead atoms. The molecule has 13 heteroatoms. The lowest BCUT2D eigenvalue weighted by Gasteiger charge is -2.27. The highest BCUT2D eigenvalue weighted by Gasteiger charge is 2.20. The number of benzene rings is 1. The zero-order valence-electron chi connectivity index (χ0n) is 18.0. The van der Waals surface area contributed by atoms with Crippen LogP contribution in [0.1, 0.15) is 25.7 Å². The van der Waals surface area contributed by atoms with Gasteiger partial charge in [0.1, 0.15) is 11.6 Å². The van der Waals surface area contributed by atoms with Crippen molar-refractivity contribution in [2.75, 3.05) is 15.4 Å². The van der Waals surface area contributed by atoms with E-state index in [1.807, 2.05) is 6.07 Å². The monoisotopic (exact) mass is 562 g/mol. The van der Waals surface area contributed by atoms with Crippen LogP contribution in [0.4, 0.5) is 22.5 Å². The second kappa shape index (κ2) is 9.49. The fourth-order valence-corrected chi connectivity index (χ4v) is 6.02. The minimum Gasteiger partial charge on any atom is -0.367 e. The highest BCUT2D eigenvalue weighted by molar-refractivity contribution is 9.10. The number of nitrogens with two attached hydrogens (primary N) is 1. The predicted octanol–water partition coefficient (Wildman–Crippen LogP) is 4.17. The number of sulfonamides is 1. The molecular formula is C21H23BrN8O2S2. The molecule has 3 heterocycles. The molecule has 1 aliphatic rings. The lowest BCUT2D eigenvalue weighted by molar-refractivity contribution is 0.410. The molecule has 0 atom stereocenters. The molecule has 0 spiro atoms. The third-order valence-corrected chi connectivity index (χ3v) is 8.38. The topological polar surface area (TPSA) is 139 Å². The molecule has 0 aliphatic heterocycles. The van der Waals surface area contributed by atoms with Gasteiger partial charge in [0.2, 0.25) is 0 Å². The number of hydrogen-bond acceptors (Lipinski definition) is 9. The van der Waals surface area contributed by atoms with Gasteiger partial charge in [0.05, 0.1) is 15.6 Å². The molecule has 5 rings (SSSR count). The van der Waals surface area contributed by atoms with Crippen LogP contribution in [0.25, 0.3) is 5.65 Å². The SMILES string of the molecule is N[C@H]1CC[C@@H](Nc2cc(Nc3ccc(S(=O)(=O)Nc4nccs4)cc3)n3ncc(Br)c3n2)CC1. The van der Waals surface area contributed by atoms with E-state index in [9.17, 15) is 8.42 Å². The summed E-state index contributed by atoms with van der Waals surface area (Å²) in [5.74, 6) is 1.44. The molecule has 1 fully saturated rings. The molecule has 0 radical (unpaired) electrons. The van der Waals surface area contributed by atoms with Crippen LogP contribution in [-0.4, -0.2) is 40.1 Å². The van der Waals surface area contributed by atoms with Crippen LogP contribution in [0.2, 0.25) is 0 Å². The van der Waals surface area contributed by atoms with Crippen molar-refractivity contribution < 1.29 is 8.42 Å². The normalized spacial score (nSPS) is 18.6. The second-order valence-electron chi connectivity index (χ2n) is 8.10. The summed E-state index contributed by atoms with van der Waals surface area (Å²) in [6, 6.07) is 8.99. The highest BCUT2D eigenvalue weighted by atomic mass is 79.9. The van der Waals surface area contributed by atoms with Gasteiger partial charge in [-0.25, -0.2) is 18.4 Å². The largest absolute Gasteiger partial charge is 0.367 e. The maximum absolute atomic E-state index is 12.6. The summed E-state index contributed by atoms with van der Waals surface area (Å²) >= 11 is 4.73. The molecule has 0 unspecified atom stereocenters. The smallest absolute Gasteiger partial charge is 0.263 e. The summed E-state index contributed by atoms with van der Waals surface area (Å²) in [4.78, 5) is 8.83. The molecule has 0 saturated heterocycles. The van der Waals surface area contributed by atoms with Gasteiger partial charge in [-0.3, -0.25) is 4.72 Å². The summed E-state index contributed by atoms with van der Waals surface area (Å²) in [5.41, 5.74) is 7.42. The van der Waals surface area contributed by atoms with E-state index < -0.39 is 10.0 Å². The number of thiazole rings is 1. The maximum Gasteiger partial charge on any atom is 0.263 e. The first-order valence-electron chi connectivity index (χ1n) is 10.7. The van der Waals surface area contributed by atoms with Gasteiger partial charge in [-0.15, -0.1) is 11.3 Å². The quantitative estimate of drug-likeness (QED) is 0.263. The Labute approximate surface area is 209 Å². The van der Waals surface area contributed by atoms with Crippen LogP contribution in [0.3, 0.4) is 0 Å². The standard InChI is InChI=1S/C21H23BrN8O2S2/c22-17-12-25-30-19(11-18(28-20(17)30)26-14-3-1-13(23)2-4-14)27-15-5-7-16(8-6-15)34(31,32)29-21-24-9-10-33-21/h5-14,27H,1-4,23H2,(H,24,29)(H,26,28)/t13-,14+. The molecule has 5 N–H and O–H groups in total. The number of nitrogens with one attached hydrogen (secondary N) is 3. The van der Waals surface area contributed by atoms with E-state index in [1.165, 1.54) is 11.3 Å². The summed E-state index contributed by atoms with van der Waals surface area (Å²) in [7, 11) is -3.71. The zero-order chi connectivity index (χ0) is 23.7. The molecule has 0 amide bonds. The average Bonchev–Trinajstić information content (AvgIpc) is 3.45. The third kappa shape index (κ3) is 5.02. The molecule has 34 heavy (non-hydrogen) atoms. The van der Waals surface area contributed by atoms with Crippen molar-refractivity contribution in [3.05, 3.63) is 52.6 Å². The van der Waals surface area contributed by atoms with Gasteiger partial charge < -0.3 is 16.4 Å². The molecule has 3 aromatic heterocycles. The first-order valence-corrected chi connectivity index (χ1v) is 13.9. The second-order valence-corrected chi connectivity index (χ2v) is 11.5. The summed E-state index contributed by atoms with van der Waals surface area (Å²) in [6.07, 6.45) is 7.23. The van der Waals surface area contributed by atoms with Gasteiger partial charge in [-0.1, -0.05) is 0 Å². The Balaban J connectivity index is 1.37. The number of anilines is 4. The Morgan fingerprint density at radius 2 is 1.91 bits per heavy atom. The number of nitrogens with zero attached hydrogens (tertiary/aromatic N) is 4. The summed E-state index contributed by atoms with van der Waals surface area (Å²) in [5, 5.41) is 13.3. The van der Waals surface area contributed by atoms with Crippen LogP contribution in [0, 0.1) is 0 Å². The van der Waals surface area contributed by atoms with Crippen LogP contribution < -0.4 is 21.1 Å². The van der Waals surface area contributed by atoms with Crippen molar-refractivity contribution in [1.29, 1.82) is 0 Å². The van der Waals surface area contributed by atoms with Gasteiger partial charge in [0.15, 0.2) is 10.8 Å². The minimum atomic E-state index is -3.71. The van der Waals surface area contributed by atoms with Crippen LogP contribution in [0.15, 0.2) is 57.5 Å². The van der Waals surface area contributed by atoms with Crippen molar-refractivity contribution in [3.8, 4) is 0 Å². The number of fused-ring (bicyclic) bond motifs is 1. The van der Waals surface area contributed by atoms with Gasteiger partial charge in [-0.2, -0.15) is 9.61 Å². The fourth-order valence-electron chi connectivity index (χ4n) is 3.88. The van der Waals surface area contributed by atoms with Crippen molar-refractivity contribution in [1.82, 2.24) is 19.6 Å². The number of halogens is 1. The molecule has 10 nitrogen and oxygen atoms in total. The lowest BCUT2D eigenvalue weighted by Crippen LogP contribution is -2.33. The first kappa shape index (κ1) is 23.0. The summed E-state index contributed by atoms with van der Waals surface area (Å²) < 4.78 is 30.1. The van der Waals surface area contributed by atoms with Gasteiger partial charge >= 0.3 is 0 Å². The fraction of sp³-hybridized carbons (Fsp3) is 0.286. The molecule has 1 saturated carbocycles. The molecule has 1 aliphatic carbocycles. The van der Waals surface area contributed by atoms with Crippen molar-refractivity contribution in [3.63, 3.8) is 0 Å². The molecule has 178 valence electrons. The number of aromatic nitrogens is 4.